The molecule has 1 aromatic heterocycles. The molecule has 1 fully saturated rings. The molecule has 1 heterocycles. The molecule has 0 aromatic carbocycles. The second-order valence-electron chi connectivity index (χ2n) is 6.93. The molecule has 0 amide bonds. The van der Waals surface area contributed by atoms with Crippen LogP contribution in [0.4, 0.5) is 5.82 Å². The molecule has 1 saturated carbocycles. The van der Waals surface area contributed by atoms with Crippen LogP contribution in [0.25, 0.3) is 0 Å². The minimum absolute atomic E-state index is 0.468. The number of hydrogen-bond donors (Lipinski definition) is 1. The number of nitrogens with zero attached hydrogens (tertiary/aromatic N) is 2. The van der Waals surface area contributed by atoms with Gasteiger partial charge in [0.05, 0.1) is 5.69 Å². The Labute approximate surface area is 130 Å². The Hall–Kier alpha value is -0.990. The normalized spacial score (nSPS) is 15.0. The summed E-state index contributed by atoms with van der Waals surface area (Å²) in [6.07, 6.45) is 13.0. The van der Waals surface area contributed by atoms with Crippen LogP contribution in [0, 0.1) is 0 Å². The average molecular weight is 291 g/mol. The Balaban J connectivity index is 1.82. The van der Waals surface area contributed by atoms with Gasteiger partial charge in [0.25, 0.3) is 0 Å². The topological polar surface area (TPSA) is 43.8 Å². The molecule has 120 valence electrons. The Kier molecular flexibility index (Phi) is 6.13. The van der Waals surface area contributed by atoms with Crippen LogP contribution in [-0.4, -0.2) is 9.55 Å². The summed E-state index contributed by atoms with van der Waals surface area (Å²) in [6.45, 7) is 6.71. The molecule has 3 heteroatoms. The van der Waals surface area contributed by atoms with Gasteiger partial charge in [-0.25, -0.2) is 4.98 Å². The molecular weight excluding hydrogens is 258 g/mol. The van der Waals surface area contributed by atoms with Crippen molar-refractivity contribution in [2.24, 2.45) is 0 Å². The largest absolute Gasteiger partial charge is 0.384 e. The second-order valence-corrected chi connectivity index (χ2v) is 6.93. The van der Waals surface area contributed by atoms with E-state index in [1.807, 2.05) is 0 Å². The Morgan fingerprint density at radius 3 is 2.29 bits per heavy atom. The summed E-state index contributed by atoms with van der Waals surface area (Å²) in [5.74, 6) is 2.62. The summed E-state index contributed by atoms with van der Waals surface area (Å²) in [5, 5.41) is 0. The molecule has 1 aliphatic carbocycles. The van der Waals surface area contributed by atoms with Crippen molar-refractivity contribution >= 4 is 5.82 Å². The predicted molar refractivity (Wildman–Crippen MR) is 90.7 cm³/mol. The zero-order valence-corrected chi connectivity index (χ0v) is 14.2. The monoisotopic (exact) mass is 291 g/mol. The highest BCUT2D eigenvalue weighted by atomic mass is 15.2. The first kappa shape index (κ1) is 16.4. The summed E-state index contributed by atoms with van der Waals surface area (Å²) in [5.41, 5.74) is 7.52. The van der Waals surface area contributed by atoms with Crippen LogP contribution in [0.15, 0.2) is 0 Å². The summed E-state index contributed by atoms with van der Waals surface area (Å²) < 4.78 is 2.32. The van der Waals surface area contributed by atoms with E-state index in [1.54, 1.807) is 0 Å². The van der Waals surface area contributed by atoms with Crippen molar-refractivity contribution in [3.63, 3.8) is 0 Å². The van der Waals surface area contributed by atoms with E-state index in [1.165, 1.54) is 63.6 Å². The van der Waals surface area contributed by atoms with E-state index in [-0.39, 0.29) is 0 Å². The molecule has 0 aliphatic heterocycles. The highest BCUT2D eigenvalue weighted by Crippen LogP contribution is 2.40. The maximum Gasteiger partial charge on any atom is 0.127 e. The third kappa shape index (κ3) is 4.49. The Morgan fingerprint density at radius 2 is 1.71 bits per heavy atom. The van der Waals surface area contributed by atoms with Gasteiger partial charge in [-0.05, 0) is 25.7 Å². The van der Waals surface area contributed by atoms with Gasteiger partial charge in [0.2, 0.25) is 0 Å². The highest BCUT2D eigenvalue weighted by Gasteiger charge is 2.30. The van der Waals surface area contributed by atoms with E-state index in [0.29, 0.717) is 12.0 Å². The average Bonchev–Trinajstić information content (AvgIpc) is 3.23. The lowest BCUT2D eigenvalue weighted by Crippen LogP contribution is -2.06. The van der Waals surface area contributed by atoms with E-state index >= 15 is 0 Å². The standard InChI is InChI=1S/C18H33N3/c1-4-5-6-7-8-9-10-11-16-17(19)21(15-12-13-15)18(20-16)14(2)3/h14-15H,4-13,19H2,1-3H3. The smallest absolute Gasteiger partial charge is 0.127 e. The quantitative estimate of drug-likeness (QED) is 0.601. The predicted octanol–water partition coefficient (Wildman–Crippen LogP) is 5.22. The molecule has 1 aliphatic rings. The number of rotatable bonds is 10. The number of aryl methyl sites for hydroxylation is 1. The van der Waals surface area contributed by atoms with E-state index in [0.717, 1.165) is 17.9 Å². The SMILES string of the molecule is CCCCCCCCCc1nc(C(C)C)n(C2CC2)c1N. The maximum atomic E-state index is 6.36. The summed E-state index contributed by atoms with van der Waals surface area (Å²) in [4.78, 5) is 4.86. The van der Waals surface area contributed by atoms with Gasteiger partial charge in [0.15, 0.2) is 0 Å². The minimum Gasteiger partial charge on any atom is -0.384 e. The van der Waals surface area contributed by atoms with Crippen LogP contribution in [0.5, 0.6) is 0 Å². The van der Waals surface area contributed by atoms with Crippen molar-refractivity contribution in [2.75, 3.05) is 5.73 Å². The summed E-state index contributed by atoms with van der Waals surface area (Å²) >= 11 is 0. The maximum absolute atomic E-state index is 6.36. The lowest BCUT2D eigenvalue weighted by molar-refractivity contribution is 0.587. The molecule has 0 bridgehead atoms. The number of aromatic nitrogens is 2. The first-order valence-corrected chi connectivity index (χ1v) is 9.01. The second kappa shape index (κ2) is 7.86. The molecule has 0 spiro atoms. The van der Waals surface area contributed by atoms with Crippen LogP contribution in [0.3, 0.4) is 0 Å². The van der Waals surface area contributed by atoms with Gasteiger partial charge in [-0.1, -0.05) is 59.3 Å². The Bertz CT molecular complexity index is 430. The van der Waals surface area contributed by atoms with Crippen molar-refractivity contribution < 1.29 is 0 Å². The number of hydrogen-bond acceptors (Lipinski definition) is 2. The van der Waals surface area contributed by atoms with Gasteiger partial charge in [-0.15, -0.1) is 0 Å². The first-order chi connectivity index (χ1) is 10.1. The molecule has 2 N–H and O–H groups in total. The van der Waals surface area contributed by atoms with Crippen LogP contribution < -0.4 is 5.73 Å². The van der Waals surface area contributed by atoms with Crippen LogP contribution in [0.2, 0.25) is 0 Å². The first-order valence-electron chi connectivity index (χ1n) is 9.01. The van der Waals surface area contributed by atoms with E-state index in [4.69, 9.17) is 10.7 Å². The number of nitrogen functional groups attached to an aromatic ring is 1. The van der Waals surface area contributed by atoms with E-state index in [2.05, 4.69) is 25.3 Å². The molecule has 2 rings (SSSR count). The fourth-order valence-electron chi connectivity index (χ4n) is 3.07. The lowest BCUT2D eigenvalue weighted by Gasteiger charge is -2.10. The van der Waals surface area contributed by atoms with E-state index in [9.17, 15) is 0 Å². The molecule has 0 unspecified atom stereocenters. The molecule has 0 radical (unpaired) electrons. The van der Waals surface area contributed by atoms with Gasteiger partial charge in [-0.2, -0.15) is 0 Å². The summed E-state index contributed by atoms with van der Waals surface area (Å²) in [6, 6.07) is 0.637. The molecule has 0 saturated heterocycles. The van der Waals surface area contributed by atoms with Gasteiger partial charge < -0.3 is 10.3 Å². The van der Waals surface area contributed by atoms with Crippen molar-refractivity contribution in [3.8, 4) is 0 Å². The fraction of sp³-hybridized carbons (Fsp3) is 0.833. The third-order valence-corrected chi connectivity index (χ3v) is 4.50. The molecule has 1 aromatic rings. The van der Waals surface area contributed by atoms with Crippen molar-refractivity contribution in [3.05, 3.63) is 11.5 Å². The number of anilines is 1. The third-order valence-electron chi connectivity index (χ3n) is 4.50. The number of unbranched alkanes of at least 4 members (excludes halogenated alkanes) is 6. The van der Waals surface area contributed by atoms with Crippen LogP contribution in [0.1, 0.15) is 102 Å². The molecule has 0 atom stereocenters. The van der Waals surface area contributed by atoms with Gasteiger partial charge >= 0.3 is 0 Å². The lowest BCUT2D eigenvalue weighted by atomic mass is 10.1. The van der Waals surface area contributed by atoms with Crippen LogP contribution >= 0.6 is 0 Å². The van der Waals surface area contributed by atoms with Crippen molar-refractivity contribution in [1.29, 1.82) is 0 Å². The van der Waals surface area contributed by atoms with Gasteiger partial charge in [0, 0.05) is 12.0 Å². The molecular formula is C18H33N3. The summed E-state index contributed by atoms with van der Waals surface area (Å²) in [7, 11) is 0. The van der Waals surface area contributed by atoms with Gasteiger partial charge in [-0.3, -0.25) is 0 Å². The fourth-order valence-corrected chi connectivity index (χ4v) is 3.07. The zero-order chi connectivity index (χ0) is 15.2. The number of nitrogens with two attached hydrogens (primary N) is 1. The number of imidazole rings is 1. The van der Waals surface area contributed by atoms with Crippen molar-refractivity contribution in [2.45, 2.75) is 96.9 Å². The van der Waals surface area contributed by atoms with Crippen molar-refractivity contribution in [1.82, 2.24) is 9.55 Å². The zero-order valence-electron chi connectivity index (χ0n) is 14.2. The van der Waals surface area contributed by atoms with E-state index < -0.39 is 0 Å². The Morgan fingerprint density at radius 1 is 1.10 bits per heavy atom. The minimum atomic E-state index is 0.468. The van der Waals surface area contributed by atoms with Crippen LogP contribution in [-0.2, 0) is 6.42 Å². The molecule has 21 heavy (non-hydrogen) atoms. The molecule has 3 nitrogen and oxygen atoms in total. The van der Waals surface area contributed by atoms with Gasteiger partial charge in [0.1, 0.15) is 11.6 Å². The highest BCUT2D eigenvalue weighted by molar-refractivity contribution is 5.40.